The highest BCUT2D eigenvalue weighted by Gasteiger charge is 2.34. The van der Waals surface area contributed by atoms with Crippen molar-refractivity contribution in [1.29, 1.82) is 0 Å². The molecule has 1 fully saturated rings. The molecule has 0 unspecified atom stereocenters. The second-order valence-electron chi connectivity index (χ2n) is 10.2. The first-order valence-electron chi connectivity index (χ1n) is 13.0. The molecular formula is C31H33FN2O. The van der Waals surface area contributed by atoms with Crippen molar-refractivity contribution in [2.75, 3.05) is 19.6 Å². The number of aryl methyl sites for hydroxylation is 1. The first-order valence-corrected chi connectivity index (χ1v) is 13.0. The molecule has 0 saturated carbocycles. The highest BCUT2D eigenvalue weighted by atomic mass is 19.1. The Hall–Kier alpha value is -3.11. The lowest BCUT2D eigenvalue weighted by Gasteiger charge is -2.40. The molecule has 3 heterocycles. The van der Waals surface area contributed by atoms with E-state index in [0.29, 0.717) is 0 Å². The Labute approximate surface area is 206 Å². The number of ether oxygens (including phenoxy) is 1. The zero-order chi connectivity index (χ0) is 23.7. The van der Waals surface area contributed by atoms with E-state index in [4.69, 9.17) is 4.74 Å². The maximum atomic E-state index is 13.4. The highest BCUT2D eigenvalue weighted by molar-refractivity contribution is 5.59. The highest BCUT2D eigenvalue weighted by Crippen LogP contribution is 2.31. The van der Waals surface area contributed by atoms with Crippen molar-refractivity contribution >= 4 is 18.4 Å². The Morgan fingerprint density at radius 3 is 2.57 bits per heavy atom. The number of hydrogen-bond donors (Lipinski definition) is 0. The third-order valence-electron chi connectivity index (χ3n) is 7.89. The fourth-order valence-corrected chi connectivity index (χ4v) is 5.85. The minimum Gasteiger partial charge on any atom is -0.490 e. The quantitative estimate of drug-likeness (QED) is 0.475. The van der Waals surface area contributed by atoms with Crippen molar-refractivity contribution in [3.8, 4) is 5.69 Å². The van der Waals surface area contributed by atoms with Gasteiger partial charge >= 0.3 is 0 Å². The van der Waals surface area contributed by atoms with Crippen molar-refractivity contribution in [1.82, 2.24) is 9.47 Å². The lowest BCUT2D eigenvalue weighted by Crippen LogP contribution is -2.48. The van der Waals surface area contributed by atoms with Crippen molar-refractivity contribution in [2.45, 2.75) is 50.5 Å². The largest absolute Gasteiger partial charge is 0.490 e. The lowest BCUT2D eigenvalue weighted by molar-refractivity contribution is 0.0354. The van der Waals surface area contributed by atoms with Crippen LogP contribution in [0.5, 0.6) is 0 Å². The molecule has 3 nitrogen and oxygen atoms in total. The Bertz CT molecular complexity index is 1340. The molecule has 3 aliphatic rings. The zero-order valence-corrected chi connectivity index (χ0v) is 20.3. The third kappa shape index (κ3) is 4.60. The summed E-state index contributed by atoms with van der Waals surface area (Å²) in [6.07, 6.45) is 18.9. The maximum absolute atomic E-state index is 13.4. The summed E-state index contributed by atoms with van der Waals surface area (Å²) in [5.41, 5.74) is 5.09. The number of piperidine rings is 1. The Morgan fingerprint density at radius 1 is 0.943 bits per heavy atom. The maximum Gasteiger partial charge on any atom is 0.130 e. The molecule has 180 valence electrons. The normalized spacial score (nSPS) is 18.3. The minimum absolute atomic E-state index is 0.124. The van der Waals surface area contributed by atoms with Crippen LogP contribution >= 0.6 is 0 Å². The van der Waals surface area contributed by atoms with E-state index in [1.54, 1.807) is 12.1 Å². The molecule has 6 rings (SSSR count). The van der Waals surface area contributed by atoms with E-state index in [9.17, 15) is 4.39 Å². The van der Waals surface area contributed by atoms with E-state index in [0.717, 1.165) is 57.4 Å². The van der Waals surface area contributed by atoms with Crippen LogP contribution in [0.4, 0.5) is 4.39 Å². The van der Waals surface area contributed by atoms with Gasteiger partial charge in [0.1, 0.15) is 11.4 Å². The van der Waals surface area contributed by atoms with Gasteiger partial charge in [-0.2, -0.15) is 0 Å². The summed E-state index contributed by atoms with van der Waals surface area (Å²) in [6.45, 7) is 3.33. The van der Waals surface area contributed by atoms with Gasteiger partial charge in [-0.05, 0) is 91.4 Å². The number of unbranched alkanes of at least 4 members (excludes halogenated alkanes) is 1. The summed E-state index contributed by atoms with van der Waals surface area (Å²) >= 11 is 0. The standard InChI is InChI=1S/C31H33FN2O/c32-27-12-14-28(15-13-27)34-22-25(29-10-3-4-11-30(29)34)8-5-6-18-33-19-16-31(17-20-33)21-24-7-1-2-9-26(24)23-35-31/h1-2,4,7,9,11-15,21-23H,3,5-6,8,10,16-20H2. The van der Waals surface area contributed by atoms with Gasteiger partial charge in [-0.25, -0.2) is 4.39 Å². The smallest absolute Gasteiger partial charge is 0.130 e. The fraction of sp³-hybridized carbons (Fsp3) is 0.355. The van der Waals surface area contributed by atoms with Crippen LogP contribution in [0.1, 0.15) is 48.9 Å². The van der Waals surface area contributed by atoms with Crippen LogP contribution in [0.15, 0.2) is 60.8 Å². The zero-order valence-electron chi connectivity index (χ0n) is 20.3. The Morgan fingerprint density at radius 2 is 1.74 bits per heavy atom. The number of allylic oxidation sites excluding steroid dienone is 1. The number of rotatable bonds is 6. The van der Waals surface area contributed by atoms with Crippen LogP contribution in [0, 0.1) is 5.82 Å². The van der Waals surface area contributed by atoms with Crippen LogP contribution in [0.3, 0.4) is 0 Å². The predicted molar refractivity (Wildman–Crippen MR) is 140 cm³/mol. The molecule has 0 bridgehead atoms. The molecule has 3 aromatic rings. The molecule has 0 radical (unpaired) electrons. The topological polar surface area (TPSA) is 17.4 Å². The Kier molecular flexibility index (Phi) is 6.07. The summed E-state index contributed by atoms with van der Waals surface area (Å²) in [5, 5.41) is 2.49. The number of aromatic nitrogens is 1. The molecule has 2 aromatic carbocycles. The van der Waals surface area contributed by atoms with Crippen LogP contribution in [0.2, 0.25) is 0 Å². The van der Waals surface area contributed by atoms with E-state index >= 15 is 0 Å². The molecule has 0 amide bonds. The van der Waals surface area contributed by atoms with E-state index in [1.807, 2.05) is 18.4 Å². The third-order valence-corrected chi connectivity index (χ3v) is 7.89. The van der Waals surface area contributed by atoms with E-state index < -0.39 is 0 Å². The molecule has 35 heavy (non-hydrogen) atoms. The van der Waals surface area contributed by atoms with Crippen molar-refractivity contribution in [2.24, 2.45) is 0 Å². The molecule has 4 heteroatoms. The molecule has 1 aromatic heterocycles. The van der Waals surface area contributed by atoms with Crippen molar-refractivity contribution in [3.05, 3.63) is 93.9 Å². The second kappa shape index (κ2) is 9.50. The molecule has 1 saturated heterocycles. The number of hydrogen-bond acceptors (Lipinski definition) is 2. The molecule has 1 aliphatic carbocycles. The minimum atomic E-state index is -0.190. The van der Waals surface area contributed by atoms with Gasteiger partial charge in [0, 0.05) is 48.7 Å². The summed E-state index contributed by atoms with van der Waals surface area (Å²) < 4.78 is 21.9. The first kappa shape index (κ1) is 22.4. The summed E-state index contributed by atoms with van der Waals surface area (Å²) in [7, 11) is 0. The van der Waals surface area contributed by atoms with Gasteiger partial charge in [0.15, 0.2) is 0 Å². The monoisotopic (exact) mass is 468 g/mol. The number of benzene rings is 2. The van der Waals surface area contributed by atoms with Crippen LogP contribution in [0.25, 0.3) is 24.1 Å². The average Bonchev–Trinajstić information content (AvgIpc) is 3.27. The summed E-state index contributed by atoms with van der Waals surface area (Å²) in [4.78, 5) is 2.60. The number of halogens is 1. The molecular weight excluding hydrogens is 435 g/mol. The predicted octanol–water partition coefficient (Wildman–Crippen LogP) is 4.98. The van der Waals surface area contributed by atoms with Gasteiger partial charge in [0.25, 0.3) is 0 Å². The number of fused-ring (bicyclic) bond motifs is 2. The van der Waals surface area contributed by atoms with Gasteiger partial charge in [-0.15, -0.1) is 0 Å². The number of nitrogens with zero attached hydrogens (tertiary/aromatic N) is 2. The van der Waals surface area contributed by atoms with Gasteiger partial charge in [-0.3, -0.25) is 0 Å². The molecule has 0 atom stereocenters. The average molecular weight is 469 g/mol. The van der Waals surface area contributed by atoms with Gasteiger partial charge in [0.2, 0.25) is 0 Å². The van der Waals surface area contributed by atoms with Gasteiger partial charge in [-0.1, -0.05) is 30.3 Å². The molecule has 0 N–H and O–H groups in total. The van der Waals surface area contributed by atoms with E-state index in [1.165, 1.54) is 40.1 Å². The Balaban J connectivity index is 1.05. The second-order valence-corrected chi connectivity index (χ2v) is 10.2. The molecule has 2 aliphatic heterocycles. The van der Waals surface area contributed by atoms with E-state index in [-0.39, 0.29) is 11.4 Å². The van der Waals surface area contributed by atoms with Crippen LogP contribution in [-0.2, 0) is 17.6 Å². The SMILES string of the molecule is Fc1ccc(-n2cc(CCCCN3CCC4(C=c5ccccc5=CO4)CC3)c3c2C=CCC3)cc1. The number of likely N-dealkylation sites (tertiary alicyclic amines) is 1. The van der Waals surface area contributed by atoms with Crippen LogP contribution in [-0.4, -0.2) is 34.7 Å². The summed E-state index contributed by atoms with van der Waals surface area (Å²) in [5.74, 6) is -0.190. The van der Waals surface area contributed by atoms with Crippen molar-refractivity contribution in [3.63, 3.8) is 0 Å². The lowest BCUT2D eigenvalue weighted by atomic mass is 9.88. The van der Waals surface area contributed by atoms with Crippen molar-refractivity contribution < 1.29 is 9.13 Å². The van der Waals surface area contributed by atoms with Gasteiger partial charge < -0.3 is 14.2 Å². The molecule has 1 spiro atoms. The van der Waals surface area contributed by atoms with E-state index in [2.05, 4.69) is 58.2 Å². The van der Waals surface area contributed by atoms with Crippen LogP contribution < -0.4 is 10.4 Å². The fourth-order valence-electron chi connectivity index (χ4n) is 5.85. The summed E-state index contributed by atoms with van der Waals surface area (Å²) in [6, 6.07) is 15.3. The van der Waals surface area contributed by atoms with Gasteiger partial charge in [0.05, 0.1) is 6.26 Å². The first-order chi connectivity index (χ1) is 17.2.